The summed E-state index contributed by atoms with van der Waals surface area (Å²) in [7, 11) is 0. The second-order valence-electron chi connectivity index (χ2n) is 5.62. The highest BCUT2D eigenvalue weighted by molar-refractivity contribution is 5.94. The van der Waals surface area contributed by atoms with E-state index in [0.717, 1.165) is 18.7 Å². The van der Waals surface area contributed by atoms with E-state index in [0.29, 0.717) is 30.2 Å². The van der Waals surface area contributed by atoms with Crippen molar-refractivity contribution in [3.63, 3.8) is 0 Å². The average Bonchev–Trinajstić information content (AvgIpc) is 3.11. The van der Waals surface area contributed by atoms with Crippen molar-refractivity contribution in [2.75, 3.05) is 17.2 Å². The highest BCUT2D eigenvalue weighted by Crippen LogP contribution is 2.29. The number of amides is 1. The van der Waals surface area contributed by atoms with Gasteiger partial charge in [0.25, 0.3) is 5.91 Å². The van der Waals surface area contributed by atoms with Crippen LogP contribution in [-0.2, 0) is 15.7 Å². The number of halogens is 3. The van der Waals surface area contributed by atoms with Gasteiger partial charge in [0.1, 0.15) is 11.9 Å². The van der Waals surface area contributed by atoms with Crippen molar-refractivity contribution in [2.24, 2.45) is 0 Å². The van der Waals surface area contributed by atoms with E-state index in [1.54, 1.807) is 24.3 Å². The van der Waals surface area contributed by atoms with Crippen molar-refractivity contribution in [1.29, 1.82) is 0 Å². The summed E-state index contributed by atoms with van der Waals surface area (Å²) < 4.78 is 42.8. The van der Waals surface area contributed by atoms with E-state index in [9.17, 15) is 18.0 Å². The van der Waals surface area contributed by atoms with E-state index >= 15 is 0 Å². The molecule has 0 bridgehead atoms. The molecule has 5 nitrogen and oxygen atoms in total. The summed E-state index contributed by atoms with van der Waals surface area (Å²) in [6, 6.07) is 9.01. The Balaban J connectivity index is 1.59. The molecule has 8 heteroatoms. The van der Waals surface area contributed by atoms with Crippen molar-refractivity contribution >= 4 is 23.1 Å². The molecule has 1 atom stereocenters. The summed E-state index contributed by atoms with van der Waals surface area (Å²) in [5.74, 6) is 0.117. The largest absolute Gasteiger partial charge is 0.417 e. The van der Waals surface area contributed by atoms with Gasteiger partial charge < -0.3 is 15.4 Å². The van der Waals surface area contributed by atoms with Gasteiger partial charge in [-0.1, -0.05) is 0 Å². The van der Waals surface area contributed by atoms with Crippen LogP contribution < -0.4 is 10.6 Å². The predicted molar refractivity (Wildman–Crippen MR) is 86.6 cm³/mol. The lowest BCUT2D eigenvalue weighted by atomic mass is 10.2. The Bertz CT molecular complexity index is 724. The summed E-state index contributed by atoms with van der Waals surface area (Å²) in [5, 5.41) is 5.67. The third-order valence-corrected chi connectivity index (χ3v) is 3.74. The summed E-state index contributed by atoms with van der Waals surface area (Å²) in [5.41, 5.74) is 0.457. The Kier molecular flexibility index (Phi) is 4.89. The fraction of sp³-hybridized carbons (Fsp3) is 0.294. The van der Waals surface area contributed by atoms with Gasteiger partial charge in [-0.05, 0) is 49.2 Å². The first-order valence-electron chi connectivity index (χ1n) is 7.74. The molecule has 1 fully saturated rings. The molecule has 3 rings (SSSR count). The molecule has 0 radical (unpaired) electrons. The monoisotopic (exact) mass is 351 g/mol. The number of alkyl halides is 3. The van der Waals surface area contributed by atoms with Crippen molar-refractivity contribution in [3.05, 3.63) is 48.2 Å². The number of nitrogens with one attached hydrogen (secondary N) is 2. The third-order valence-electron chi connectivity index (χ3n) is 3.74. The number of carbonyl (C=O) groups is 1. The Labute approximate surface area is 142 Å². The van der Waals surface area contributed by atoms with Gasteiger partial charge in [-0.25, -0.2) is 4.98 Å². The highest BCUT2D eigenvalue weighted by atomic mass is 19.4. The lowest BCUT2D eigenvalue weighted by Gasteiger charge is -2.11. The zero-order valence-electron chi connectivity index (χ0n) is 13.1. The predicted octanol–water partition coefficient (Wildman–Crippen LogP) is 3.96. The van der Waals surface area contributed by atoms with Crippen LogP contribution in [0, 0.1) is 0 Å². The maximum absolute atomic E-state index is 12.5. The number of aromatic nitrogens is 1. The number of nitrogens with zero attached hydrogens (tertiary/aromatic N) is 1. The summed E-state index contributed by atoms with van der Waals surface area (Å²) >= 11 is 0. The molecule has 0 unspecified atom stereocenters. The number of pyridine rings is 1. The fourth-order valence-electron chi connectivity index (χ4n) is 2.43. The second-order valence-corrected chi connectivity index (χ2v) is 5.62. The van der Waals surface area contributed by atoms with Gasteiger partial charge in [-0.2, -0.15) is 13.2 Å². The molecule has 2 heterocycles. The lowest BCUT2D eigenvalue weighted by Crippen LogP contribution is -2.26. The van der Waals surface area contributed by atoms with Gasteiger partial charge in [0.2, 0.25) is 0 Å². The first kappa shape index (κ1) is 17.2. The van der Waals surface area contributed by atoms with E-state index in [1.807, 2.05) is 0 Å². The van der Waals surface area contributed by atoms with E-state index in [4.69, 9.17) is 4.74 Å². The normalized spacial score (nSPS) is 17.3. The Morgan fingerprint density at radius 2 is 1.84 bits per heavy atom. The average molecular weight is 351 g/mol. The van der Waals surface area contributed by atoms with Crippen molar-refractivity contribution in [3.8, 4) is 0 Å². The number of rotatable bonds is 4. The van der Waals surface area contributed by atoms with Crippen LogP contribution in [0.3, 0.4) is 0 Å². The molecule has 2 aromatic rings. The molecule has 1 aliphatic heterocycles. The first-order valence-corrected chi connectivity index (χ1v) is 7.74. The number of anilines is 3. The lowest BCUT2D eigenvalue weighted by molar-refractivity contribution is -0.137. The zero-order valence-corrected chi connectivity index (χ0v) is 13.1. The number of carbonyl (C=O) groups excluding carboxylic acids is 1. The standard InChI is InChI=1S/C17H16F3N3O2/c18-17(19,20)11-3-8-15(21-10-11)22-12-4-6-13(7-5-12)23-16(24)14-2-1-9-25-14/h3-8,10,14H,1-2,9H2,(H,21,22)(H,23,24)/t14-/m0/s1. The topological polar surface area (TPSA) is 63.2 Å². The maximum atomic E-state index is 12.5. The smallest absolute Gasteiger partial charge is 0.368 e. The number of ether oxygens (including phenoxy) is 1. The van der Waals surface area contributed by atoms with Crippen molar-refractivity contribution in [2.45, 2.75) is 25.1 Å². The van der Waals surface area contributed by atoms with Crippen LogP contribution in [0.25, 0.3) is 0 Å². The molecule has 132 valence electrons. The third kappa shape index (κ3) is 4.48. The summed E-state index contributed by atoms with van der Waals surface area (Å²) in [6.45, 7) is 0.598. The van der Waals surface area contributed by atoms with Gasteiger partial charge in [0.05, 0.1) is 5.56 Å². The summed E-state index contributed by atoms with van der Waals surface area (Å²) in [6.07, 6.45) is -2.45. The quantitative estimate of drug-likeness (QED) is 0.875. The van der Waals surface area contributed by atoms with Crippen molar-refractivity contribution in [1.82, 2.24) is 4.98 Å². The number of hydrogen-bond donors (Lipinski definition) is 2. The Hall–Kier alpha value is -2.61. The van der Waals surface area contributed by atoms with Crippen molar-refractivity contribution < 1.29 is 22.7 Å². The fourth-order valence-corrected chi connectivity index (χ4v) is 2.43. The molecule has 0 aliphatic carbocycles. The van der Waals surface area contributed by atoms with Crippen LogP contribution in [0.1, 0.15) is 18.4 Å². The van der Waals surface area contributed by atoms with Gasteiger partial charge in [-0.15, -0.1) is 0 Å². The van der Waals surface area contributed by atoms with Crippen LogP contribution in [0.4, 0.5) is 30.4 Å². The van der Waals surface area contributed by atoms with Crippen LogP contribution in [-0.4, -0.2) is 23.6 Å². The SMILES string of the molecule is O=C(Nc1ccc(Nc2ccc(C(F)(F)F)cn2)cc1)[C@@H]1CCCO1. The molecular formula is C17H16F3N3O2. The molecule has 1 amide bonds. The Morgan fingerprint density at radius 1 is 1.12 bits per heavy atom. The molecule has 25 heavy (non-hydrogen) atoms. The summed E-state index contributed by atoms with van der Waals surface area (Å²) in [4.78, 5) is 15.7. The molecule has 1 saturated heterocycles. The van der Waals surface area contributed by atoms with Crippen LogP contribution in [0.2, 0.25) is 0 Å². The molecule has 1 aromatic heterocycles. The molecule has 1 aliphatic rings. The van der Waals surface area contributed by atoms with Gasteiger partial charge in [0.15, 0.2) is 0 Å². The van der Waals surface area contributed by atoms with E-state index < -0.39 is 17.8 Å². The molecule has 0 spiro atoms. The van der Waals surface area contributed by atoms with E-state index in [2.05, 4.69) is 15.6 Å². The minimum absolute atomic E-state index is 0.178. The van der Waals surface area contributed by atoms with Gasteiger partial charge in [-0.3, -0.25) is 4.79 Å². The second kappa shape index (κ2) is 7.10. The first-order chi connectivity index (χ1) is 11.9. The zero-order chi connectivity index (χ0) is 17.9. The van der Waals surface area contributed by atoms with Gasteiger partial charge >= 0.3 is 6.18 Å². The minimum Gasteiger partial charge on any atom is -0.368 e. The Morgan fingerprint density at radius 3 is 2.40 bits per heavy atom. The molecule has 1 aromatic carbocycles. The highest BCUT2D eigenvalue weighted by Gasteiger charge is 2.30. The maximum Gasteiger partial charge on any atom is 0.417 e. The van der Waals surface area contributed by atoms with E-state index in [1.165, 1.54) is 6.07 Å². The molecular weight excluding hydrogens is 335 g/mol. The minimum atomic E-state index is -4.41. The van der Waals surface area contributed by atoms with Gasteiger partial charge in [0, 0.05) is 24.2 Å². The van der Waals surface area contributed by atoms with Crippen LogP contribution in [0.15, 0.2) is 42.6 Å². The molecule has 2 N–H and O–H groups in total. The number of benzene rings is 1. The van der Waals surface area contributed by atoms with Crippen LogP contribution in [0.5, 0.6) is 0 Å². The molecule has 0 saturated carbocycles. The van der Waals surface area contributed by atoms with E-state index in [-0.39, 0.29) is 5.91 Å². The number of hydrogen-bond acceptors (Lipinski definition) is 4. The van der Waals surface area contributed by atoms with Crippen LogP contribution >= 0.6 is 0 Å².